The standard InChI is InChI=1S/C13H25N3/c1-2-12(9-14-6-1)15-8-11-5-7-16(10-11)13-3-4-13/h11-15H,1-10H2. The topological polar surface area (TPSA) is 27.3 Å². The van der Waals surface area contributed by atoms with Crippen LogP contribution in [0.1, 0.15) is 32.1 Å². The van der Waals surface area contributed by atoms with Crippen molar-refractivity contribution in [3.8, 4) is 0 Å². The molecule has 2 aliphatic heterocycles. The minimum atomic E-state index is 0.740. The van der Waals surface area contributed by atoms with Crippen molar-refractivity contribution >= 4 is 0 Å². The summed E-state index contributed by atoms with van der Waals surface area (Å²) in [4.78, 5) is 2.71. The van der Waals surface area contributed by atoms with E-state index in [1.165, 1.54) is 64.8 Å². The molecule has 3 fully saturated rings. The molecule has 2 N–H and O–H groups in total. The van der Waals surface area contributed by atoms with Gasteiger partial charge in [-0.05, 0) is 57.7 Å². The van der Waals surface area contributed by atoms with Crippen LogP contribution in [-0.2, 0) is 0 Å². The van der Waals surface area contributed by atoms with Crippen molar-refractivity contribution in [2.45, 2.75) is 44.2 Å². The molecule has 0 aromatic heterocycles. The average molecular weight is 223 g/mol. The highest BCUT2D eigenvalue weighted by atomic mass is 15.2. The third-order valence-electron chi connectivity index (χ3n) is 4.37. The van der Waals surface area contributed by atoms with Gasteiger partial charge in [-0.15, -0.1) is 0 Å². The van der Waals surface area contributed by atoms with Crippen LogP contribution in [0.3, 0.4) is 0 Å². The van der Waals surface area contributed by atoms with E-state index in [1.807, 2.05) is 0 Å². The van der Waals surface area contributed by atoms with E-state index in [0.717, 1.165) is 18.0 Å². The van der Waals surface area contributed by atoms with Gasteiger partial charge in [-0.2, -0.15) is 0 Å². The molecule has 3 aliphatic rings. The second-order valence-electron chi connectivity index (χ2n) is 5.83. The van der Waals surface area contributed by atoms with Crippen molar-refractivity contribution in [2.24, 2.45) is 5.92 Å². The third-order valence-corrected chi connectivity index (χ3v) is 4.37. The van der Waals surface area contributed by atoms with Crippen LogP contribution in [0.25, 0.3) is 0 Å². The molecule has 2 heterocycles. The lowest BCUT2D eigenvalue weighted by molar-refractivity contribution is 0.304. The van der Waals surface area contributed by atoms with Gasteiger partial charge in [0.2, 0.25) is 0 Å². The zero-order valence-electron chi connectivity index (χ0n) is 10.3. The molecular weight excluding hydrogens is 198 g/mol. The number of rotatable bonds is 4. The Morgan fingerprint density at radius 2 is 2.12 bits per heavy atom. The van der Waals surface area contributed by atoms with Crippen molar-refractivity contribution in [3.05, 3.63) is 0 Å². The molecule has 3 rings (SSSR count). The Morgan fingerprint density at radius 3 is 2.88 bits per heavy atom. The molecule has 2 atom stereocenters. The highest BCUT2D eigenvalue weighted by molar-refractivity contribution is 4.90. The normalized spacial score (nSPS) is 36.8. The maximum Gasteiger partial charge on any atom is 0.0193 e. The van der Waals surface area contributed by atoms with Gasteiger partial charge >= 0.3 is 0 Å². The van der Waals surface area contributed by atoms with E-state index in [0.29, 0.717) is 0 Å². The highest BCUT2D eigenvalue weighted by Gasteiger charge is 2.34. The molecule has 3 heteroatoms. The lowest BCUT2D eigenvalue weighted by atomic mass is 10.1. The molecule has 2 unspecified atom stereocenters. The molecule has 1 aliphatic carbocycles. The fourth-order valence-electron chi connectivity index (χ4n) is 3.16. The predicted molar refractivity (Wildman–Crippen MR) is 66.6 cm³/mol. The fourth-order valence-corrected chi connectivity index (χ4v) is 3.16. The van der Waals surface area contributed by atoms with E-state index in [-0.39, 0.29) is 0 Å². The monoisotopic (exact) mass is 223 g/mol. The Morgan fingerprint density at radius 1 is 1.19 bits per heavy atom. The Hall–Kier alpha value is -0.120. The lowest BCUT2D eigenvalue weighted by Crippen LogP contribution is -2.44. The first-order chi connectivity index (χ1) is 7.92. The summed E-state index contributed by atoms with van der Waals surface area (Å²) in [6, 6.07) is 1.71. The Bertz CT molecular complexity index is 221. The first-order valence-electron chi connectivity index (χ1n) is 7.10. The largest absolute Gasteiger partial charge is 0.315 e. The van der Waals surface area contributed by atoms with E-state index >= 15 is 0 Å². The van der Waals surface area contributed by atoms with Crippen molar-refractivity contribution in [1.82, 2.24) is 15.5 Å². The lowest BCUT2D eigenvalue weighted by Gasteiger charge is -2.25. The number of hydrogen-bond donors (Lipinski definition) is 2. The molecule has 0 amide bonds. The van der Waals surface area contributed by atoms with Crippen LogP contribution in [0.5, 0.6) is 0 Å². The summed E-state index contributed by atoms with van der Waals surface area (Å²) in [6.45, 7) is 6.36. The molecule has 1 saturated carbocycles. The zero-order chi connectivity index (χ0) is 10.8. The van der Waals surface area contributed by atoms with Gasteiger partial charge in [-0.25, -0.2) is 0 Å². The Kier molecular flexibility index (Phi) is 3.46. The van der Waals surface area contributed by atoms with Gasteiger partial charge in [0.1, 0.15) is 0 Å². The molecule has 0 spiro atoms. The van der Waals surface area contributed by atoms with Gasteiger partial charge in [0, 0.05) is 25.2 Å². The van der Waals surface area contributed by atoms with Gasteiger partial charge in [-0.1, -0.05) is 0 Å². The number of nitrogens with one attached hydrogen (secondary N) is 2. The van der Waals surface area contributed by atoms with Crippen molar-refractivity contribution in [3.63, 3.8) is 0 Å². The van der Waals surface area contributed by atoms with Gasteiger partial charge in [-0.3, -0.25) is 0 Å². The summed E-state index contributed by atoms with van der Waals surface area (Å²) in [6.07, 6.45) is 7.06. The van der Waals surface area contributed by atoms with Crippen molar-refractivity contribution < 1.29 is 0 Å². The third kappa shape index (κ3) is 2.76. The van der Waals surface area contributed by atoms with Crippen LogP contribution in [0.2, 0.25) is 0 Å². The summed E-state index contributed by atoms with van der Waals surface area (Å²) in [5.41, 5.74) is 0. The molecule has 0 radical (unpaired) electrons. The van der Waals surface area contributed by atoms with Crippen LogP contribution < -0.4 is 10.6 Å². The maximum atomic E-state index is 3.75. The van der Waals surface area contributed by atoms with E-state index in [9.17, 15) is 0 Å². The van der Waals surface area contributed by atoms with Crippen molar-refractivity contribution in [1.29, 1.82) is 0 Å². The zero-order valence-corrected chi connectivity index (χ0v) is 10.3. The van der Waals surface area contributed by atoms with Gasteiger partial charge in [0.15, 0.2) is 0 Å². The summed E-state index contributed by atoms with van der Waals surface area (Å²) < 4.78 is 0. The quantitative estimate of drug-likeness (QED) is 0.739. The first kappa shape index (κ1) is 11.0. The smallest absolute Gasteiger partial charge is 0.0193 e. The van der Waals surface area contributed by atoms with E-state index in [1.54, 1.807) is 0 Å². The second-order valence-corrected chi connectivity index (χ2v) is 5.83. The predicted octanol–water partition coefficient (Wildman–Crippen LogP) is 0.812. The number of nitrogens with zero attached hydrogens (tertiary/aromatic N) is 1. The number of likely N-dealkylation sites (tertiary alicyclic amines) is 1. The van der Waals surface area contributed by atoms with Gasteiger partial charge < -0.3 is 15.5 Å². The number of hydrogen-bond acceptors (Lipinski definition) is 3. The van der Waals surface area contributed by atoms with Gasteiger partial charge in [0.25, 0.3) is 0 Å². The summed E-state index contributed by atoms with van der Waals surface area (Å²) >= 11 is 0. The van der Waals surface area contributed by atoms with E-state index in [4.69, 9.17) is 0 Å². The molecule has 2 saturated heterocycles. The number of piperidine rings is 1. The Balaban J connectivity index is 1.35. The molecule has 0 bridgehead atoms. The fraction of sp³-hybridized carbons (Fsp3) is 1.00. The Labute approximate surface area is 99.0 Å². The summed E-state index contributed by atoms with van der Waals surface area (Å²) in [5.74, 6) is 0.919. The van der Waals surface area contributed by atoms with E-state index < -0.39 is 0 Å². The summed E-state index contributed by atoms with van der Waals surface area (Å²) in [5, 5.41) is 7.23. The first-order valence-corrected chi connectivity index (χ1v) is 7.10. The molecular formula is C13H25N3. The molecule has 16 heavy (non-hydrogen) atoms. The van der Waals surface area contributed by atoms with Crippen molar-refractivity contribution in [2.75, 3.05) is 32.7 Å². The second kappa shape index (κ2) is 5.03. The van der Waals surface area contributed by atoms with Crippen LogP contribution >= 0.6 is 0 Å². The molecule has 3 nitrogen and oxygen atoms in total. The highest BCUT2D eigenvalue weighted by Crippen LogP contribution is 2.31. The van der Waals surface area contributed by atoms with E-state index in [2.05, 4.69) is 15.5 Å². The molecule has 0 aromatic carbocycles. The van der Waals surface area contributed by atoms with Crippen LogP contribution in [0.15, 0.2) is 0 Å². The van der Waals surface area contributed by atoms with Crippen LogP contribution in [0.4, 0.5) is 0 Å². The molecule has 0 aromatic rings. The minimum absolute atomic E-state index is 0.740. The minimum Gasteiger partial charge on any atom is -0.315 e. The van der Waals surface area contributed by atoms with Crippen LogP contribution in [-0.4, -0.2) is 49.7 Å². The SMILES string of the molecule is C1CNCC(NCC2CCN(C3CC3)C2)C1. The van der Waals surface area contributed by atoms with Gasteiger partial charge in [0.05, 0.1) is 0 Å². The summed E-state index contributed by atoms with van der Waals surface area (Å²) in [7, 11) is 0. The van der Waals surface area contributed by atoms with Crippen LogP contribution in [0, 0.1) is 5.92 Å². The average Bonchev–Trinajstić information content (AvgIpc) is 3.08. The molecule has 92 valence electrons. The maximum absolute atomic E-state index is 3.75.